The molecule has 1 atom stereocenters. The zero-order valence-corrected chi connectivity index (χ0v) is 22.3. The molecule has 0 aliphatic heterocycles. The first kappa shape index (κ1) is 27.2. The first-order valence-corrected chi connectivity index (χ1v) is 12.9. The quantitative estimate of drug-likeness (QED) is 0.367. The molecule has 0 spiro atoms. The van der Waals surface area contributed by atoms with E-state index in [0.29, 0.717) is 31.7 Å². The molecule has 0 saturated heterocycles. The highest BCUT2D eigenvalue weighted by Crippen LogP contribution is 2.19. The van der Waals surface area contributed by atoms with Gasteiger partial charge in [0, 0.05) is 24.9 Å². The van der Waals surface area contributed by atoms with Gasteiger partial charge in [0.2, 0.25) is 11.8 Å². The van der Waals surface area contributed by atoms with Crippen LogP contribution in [0.4, 0.5) is 0 Å². The molecule has 0 saturated carbocycles. The van der Waals surface area contributed by atoms with E-state index in [1.54, 1.807) is 4.90 Å². The second kappa shape index (κ2) is 12.5. The highest BCUT2D eigenvalue weighted by Gasteiger charge is 2.32. The first-order valence-electron chi connectivity index (χ1n) is 12.9. The van der Waals surface area contributed by atoms with Crippen LogP contribution in [0.2, 0.25) is 0 Å². The molecule has 2 amide bonds. The Labute approximate surface area is 216 Å². The van der Waals surface area contributed by atoms with Crippen LogP contribution in [-0.4, -0.2) is 28.3 Å². The molecule has 0 aromatic heterocycles. The zero-order valence-electron chi connectivity index (χ0n) is 22.3. The fourth-order valence-corrected chi connectivity index (χ4v) is 4.25. The summed E-state index contributed by atoms with van der Waals surface area (Å²) in [5.74, 6) is 0.329. The van der Waals surface area contributed by atoms with E-state index in [2.05, 4.69) is 43.4 Å². The Balaban J connectivity index is 1.87. The van der Waals surface area contributed by atoms with Crippen molar-refractivity contribution in [2.24, 2.45) is 0 Å². The highest BCUT2D eigenvalue weighted by molar-refractivity contribution is 5.88. The molecule has 3 aromatic rings. The number of hydrogen-bond donors (Lipinski definition) is 1. The van der Waals surface area contributed by atoms with Crippen LogP contribution in [0.25, 0.3) is 0 Å². The van der Waals surface area contributed by atoms with Crippen LogP contribution >= 0.6 is 0 Å². The molecule has 190 valence electrons. The maximum Gasteiger partial charge on any atom is 0.243 e. The minimum Gasteiger partial charge on any atom is -0.350 e. The molecule has 36 heavy (non-hydrogen) atoms. The fraction of sp³-hybridized carbons (Fsp3) is 0.375. The average molecular weight is 485 g/mol. The molecule has 0 aliphatic rings. The number of nitrogens with one attached hydrogen (secondary N) is 1. The summed E-state index contributed by atoms with van der Waals surface area (Å²) in [6.07, 6.45) is 1.45. The van der Waals surface area contributed by atoms with Gasteiger partial charge < -0.3 is 10.2 Å². The summed E-state index contributed by atoms with van der Waals surface area (Å²) in [4.78, 5) is 29.1. The lowest BCUT2D eigenvalue weighted by molar-refractivity contribution is -0.141. The maximum atomic E-state index is 13.7. The standard InChI is InChI=1S/C32H40N2O2/c1-24(2)28-19-16-25(17-20-28)18-21-30(35)34(23-27-14-10-7-11-15-27)29(31(36)33-32(3,4)5)22-26-12-8-6-9-13-26/h6-17,19-20,24,29H,18,21-23H2,1-5H3,(H,33,36)/t29-/m0/s1. The van der Waals surface area contributed by atoms with Crippen molar-refractivity contribution in [2.75, 3.05) is 0 Å². The lowest BCUT2D eigenvalue weighted by Crippen LogP contribution is -2.54. The van der Waals surface area contributed by atoms with Gasteiger partial charge in [-0.05, 0) is 55.4 Å². The third kappa shape index (κ3) is 8.37. The number of nitrogens with zero attached hydrogens (tertiary/aromatic N) is 1. The Bertz CT molecular complexity index is 1100. The SMILES string of the molecule is CC(C)c1ccc(CCC(=O)N(Cc2ccccc2)[C@@H](Cc2ccccc2)C(=O)NC(C)(C)C)cc1. The van der Waals surface area contributed by atoms with Crippen molar-refractivity contribution < 1.29 is 9.59 Å². The third-order valence-electron chi connectivity index (χ3n) is 6.24. The van der Waals surface area contributed by atoms with Crippen LogP contribution in [0.3, 0.4) is 0 Å². The molecule has 4 nitrogen and oxygen atoms in total. The van der Waals surface area contributed by atoms with Gasteiger partial charge in [0.25, 0.3) is 0 Å². The summed E-state index contributed by atoms with van der Waals surface area (Å²) < 4.78 is 0. The number of carbonyl (C=O) groups is 2. The van der Waals surface area contributed by atoms with Crippen LogP contribution in [0, 0.1) is 0 Å². The van der Waals surface area contributed by atoms with Gasteiger partial charge in [-0.1, -0.05) is 98.8 Å². The largest absolute Gasteiger partial charge is 0.350 e. The molecule has 0 aliphatic carbocycles. The molecule has 4 heteroatoms. The molecule has 1 N–H and O–H groups in total. The molecular weight excluding hydrogens is 444 g/mol. The minimum absolute atomic E-state index is 0.0169. The van der Waals surface area contributed by atoms with Crippen molar-refractivity contribution in [3.05, 3.63) is 107 Å². The summed E-state index contributed by atoms with van der Waals surface area (Å²) in [5.41, 5.74) is 4.06. The van der Waals surface area contributed by atoms with Gasteiger partial charge in [0.15, 0.2) is 0 Å². The van der Waals surface area contributed by atoms with Crippen molar-refractivity contribution in [3.8, 4) is 0 Å². The number of hydrogen-bond acceptors (Lipinski definition) is 2. The van der Waals surface area contributed by atoms with E-state index in [-0.39, 0.29) is 11.8 Å². The smallest absolute Gasteiger partial charge is 0.243 e. The van der Waals surface area contributed by atoms with Gasteiger partial charge in [-0.3, -0.25) is 9.59 Å². The molecule has 3 aromatic carbocycles. The molecule has 0 bridgehead atoms. The maximum absolute atomic E-state index is 13.7. The number of rotatable bonds is 10. The lowest BCUT2D eigenvalue weighted by Gasteiger charge is -2.34. The van der Waals surface area contributed by atoms with Gasteiger partial charge in [-0.25, -0.2) is 0 Å². The van der Waals surface area contributed by atoms with Crippen LogP contribution in [-0.2, 0) is 29.0 Å². The molecule has 0 radical (unpaired) electrons. The van der Waals surface area contributed by atoms with E-state index in [9.17, 15) is 9.59 Å². The molecule has 0 heterocycles. The summed E-state index contributed by atoms with van der Waals surface area (Å²) in [7, 11) is 0. The second-order valence-electron chi connectivity index (χ2n) is 10.8. The molecule has 0 unspecified atom stereocenters. The molecule has 0 fully saturated rings. The third-order valence-corrected chi connectivity index (χ3v) is 6.24. The van der Waals surface area contributed by atoms with E-state index in [0.717, 1.165) is 16.7 Å². The second-order valence-corrected chi connectivity index (χ2v) is 10.8. The van der Waals surface area contributed by atoms with Gasteiger partial charge in [0.05, 0.1) is 0 Å². The van der Waals surface area contributed by atoms with Crippen LogP contribution in [0.1, 0.15) is 69.2 Å². The van der Waals surface area contributed by atoms with Crippen LogP contribution < -0.4 is 5.32 Å². The van der Waals surface area contributed by atoms with E-state index < -0.39 is 11.6 Å². The van der Waals surface area contributed by atoms with Gasteiger partial charge in [0.1, 0.15) is 6.04 Å². The van der Waals surface area contributed by atoms with Gasteiger partial charge >= 0.3 is 0 Å². The monoisotopic (exact) mass is 484 g/mol. The average Bonchev–Trinajstić information content (AvgIpc) is 2.85. The zero-order chi connectivity index (χ0) is 26.1. The molecule has 3 rings (SSSR count). The van der Waals surface area contributed by atoms with Crippen molar-refractivity contribution >= 4 is 11.8 Å². The van der Waals surface area contributed by atoms with Crippen molar-refractivity contribution in [1.82, 2.24) is 10.2 Å². The van der Waals surface area contributed by atoms with E-state index in [1.807, 2.05) is 81.4 Å². The Hall–Kier alpha value is -3.40. The summed E-state index contributed by atoms with van der Waals surface area (Å²) >= 11 is 0. The van der Waals surface area contributed by atoms with Crippen LogP contribution in [0.5, 0.6) is 0 Å². The van der Waals surface area contributed by atoms with Crippen LogP contribution in [0.15, 0.2) is 84.9 Å². The molecular formula is C32H40N2O2. The Morgan fingerprint density at radius 2 is 1.33 bits per heavy atom. The Kier molecular flexibility index (Phi) is 9.46. The topological polar surface area (TPSA) is 49.4 Å². The predicted octanol–water partition coefficient (Wildman–Crippen LogP) is 6.30. The number of benzene rings is 3. The number of amides is 2. The van der Waals surface area contributed by atoms with Gasteiger partial charge in [-0.2, -0.15) is 0 Å². The van der Waals surface area contributed by atoms with Crippen molar-refractivity contribution in [1.29, 1.82) is 0 Å². The van der Waals surface area contributed by atoms with Crippen molar-refractivity contribution in [2.45, 2.75) is 77.9 Å². The van der Waals surface area contributed by atoms with E-state index in [4.69, 9.17) is 0 Å². The Morgan fingerprint density at radius 1 is 0.778 bits per heavy atom. The first-order chi connectivity index (χ1) is 17.1. The number of carbonyl (C=O) groups excluding carboxylic acids is 2. The summed E-state index contributed by atoms with van der Waals surface area (Å²) in [6, 6.07) is 27.7. The van der Waals surface area contributed by atoms with Gasteiger partial charge in [-0.15, -0.1) is 0 Å². The summed E-state index contributed by atoms with van der Waals surface area (Å²) in [5, 5.41) is 3.12. The lowest BCUT2D eigenvalue weighted by atomic mass is 9.98. The van der Waals surface area contributed by atoms with Crippen molar-refractivity contribution in [3.63, 3.8) is 0 Å². The minimum atomic E-state index is -0.609. The number of aryl methyl sites for hydroxylation is 1. The highest BCUT2D eigenvalue weighted by atomic mass is 16.2. The van der Waals surface area contributed by atoms with E-state index in [1.165, 1.54) is 5.56 Å². The van der Waals surface area contributed by atoms with E-state index >= 15 is 0 Å². The normalized spacial score (nSPS) is 12.3. The summed E-state index contributed by atoms with van der Waals surface area (Å²) in [6.45, 7) is 10.6. The fourth-order valence-electron chi connectivity index (χ4n) is 4.25. The predicted molar refractivity (Wildman–Crippen MR) is 148 cm³/mol. The Morgan fingerprint density at radius 3 is 1.86 bits per heavy atom.